The van der Waals surface area contributed by atoms with Gasteiger partial charge in [0.1, 0.15) is 5.82 Å². The van der Waals surface area contributed by atoms with E-state index in [2.05, 4.69) is 46.5 Å². The van der Waals surface area contributed by atoms with Crippen molar-refractivity contribution in [2.24, 2.45) is 0 Å². The normalized spacial score (nSPS) is 11.2. The van der Waals surface area contributed by atoms with Gasteiger partial charge in [-0.1, -0.05) is 13.8 Å². The molecule has 0 radical (unpaired) electrons. The standard InChI is InChI=1S/C9H14IN2OP/c1-6(2)14-12-8-4-7(10)5-9(11-8)13-3/h4-6,14H,1-3H3,(H,11,12). The van der Waals surface area contributed by atoms with E-state index in [1.165, 1.54) is 0 Å². The number of hydrogen-bond acceptors (Lipinski definition) is 3. The van der Waals surface area contributed by atoms with Gasteiger partial charge in [0.2, 0.25) is 5.88 Å². The predicted octanol–water partition coefficient (Wildman–Crippen LogP) is 3.11. The van der Waals surface area contributed by atoms with Crippen LogP contribution < -0.4 is 9.82 Å². The molecule has 1 atom stereocenters. The van der Waals surface area contributed by atoms with Crippen LogP contribution in [0.15, 0.2) is 12.1 Å². The van der Waals surface area contributed by atoms with E-state index in [1.54, 1.807) is 7.11 Å². The van der Waals surface area contributed by atoms with Crippen molar-refractivity contribution in [3.63, 3.8) is 0 Å². The third kappa shape index (κ3) is 3.96. The molecule has 0 bridgehead atoms. The fourth-order valence-corrected chi connectivity index (χ4v) is 1.99. The zero-order valence-corrected chi connectivity index (χ0v) is 11.6. The van der Waals surface area contributed by atoms with Crippen LogP contribution >= 0.6 is 31.3 Å². The number of aromatic nitrogens is 1. The molecule has 0 aliphatic heterocycles. The van der Waals surface area contributed by atoms with Crippen molar-refractivity contribution in [2.45, 2.75) is 19.5 Å². The molecule has 0 aliphatic rings. The van der Waals surface area contributed by atoms with Crippen molar-refractivity contribution in [3.8, 4) is 5.88 Å². The van der Waals surface area contributed by atoms with Crippen molar-refractivity contribution in [3.05, 3.63) is 15.7 Å². The summed E-state index contributed by atoms with van der Waals surface area (Å²) in [6.45, 7) is 4.35. The Kier molecular flexibility index (Phi) is 4.89. The van der Waals surface area contributed by atoms with Crippen molar-refractivity contribution in [1.82, 2.24) is 4.98 Å². The minimum atomic E-state index is 0.640. The Morgan fingerprint density at radius 1 is 1.50 bits per heavy atom. The minimum absolute atomic E-state index is 0.640. The summed E-state index contributed by atoms with van der Waals surface area (Å²) in [5.74, 6) is 1.55. The summed E-state index contributed by atoms with van der Waals surface area (Å²) in [6, 6.07) is 3.92. The van der Waals surface area contributed by atoms with Crippen LogP contribution in [0.5, 0.6) is 5.88 Å². The quantitative estimate of drug-likeness (QED) is 0.683. The molecule has 1 aromatic heterocycles. The molecule has 0 spiro atoms. The van der Waals surface area contributed by atoms with E-state index in [0.717, 1.165) is 9.39 Å². The Morgan fingerprint density at radius 2 is 2.21 bits per heavy atom. The highest BCUT2D eigenvalue weighted by Gasteiger charge is 2.01. The molecular formula is C9H14IN2OP. The molecule has 1 unspecified atom stereocenters. The highest BCUT2D eigenvalue weighted by molar-refractivity contribution is 14.1. The summed E-state index contributed by atoms with van der Waals surface area (Å²) in [5, 5.41) is 3.29. The molecule has 0 saturated carbocycles. The Bertz CT molecular complexity index is 307. The Morgan fingerprint density at radius 3 is 2.79 bits per heavy atom. The molecule has 5 heteroatoms. The second-order valence-electron chi connectivity index (χ2n) is 3.14. The van der Waals surface area contributed by atoms with Gasteiger partial charge < -0.3 is 9.82 Å². The molecule has 1 heterocycles. The van der Waals surface area contributed by atoms with Gasteiger partial charge in [-0.3, -0.25) is 0 Å². The van der Waals surface area contributed by atoms with E-state index in [0.29, 0.717) is 20.3 Å². The van der Waals surface area contributed by atoms with Gasteiger partial charge in [0.05, 0.1) is 7.11 Å². The van der Waals surface area contributed by atoms with Gasteiger partial charge in [-0.15, -0.1) is 0 Å². The average molecular weight is 324 g/mol. The lowest BCUT2D eigenvalue weighted by atomic mass is 10.4. The van der Waals surface area contributed by atoms with Crippen LogP contribution in [0.25, 0.3) is 0 Å². The van der Waals surface area contributed by atoms with Crippen LogP contribution in [0, 0.1) is 3.57 Å². The molecule has 3 nitrogen and oxygen atoms in total. The molecule has 1 rings (SSSR count). The molecule has 0 fully saturated rings. The largest absolute Gasteiger partial charge is 0.481 e. The number of rotatable bonds is 4. The van der Waals surface area contributed by atoms with Gasteiger partial charge >= 0.3 is 0 Å². The Hall–Kier alpha value is -0.0900. The van der Waals surface area contributed by atoms with Crippen LogP contribution in [-0.4, -0.2) is 17.8 Å². The van der Waals surface area contributed by atoms with Crippen molar-refractivity contribution < 1.29 is 4.74 Å². The van der Waals surface area contributed by atoms with E-state index >= 15 is 0 Å². The maximum atomic E-state index is 5.09. The van der Waals surface area contributed by atoms with Gasteiger partial charge in [-0.25, -0.2) is 0 Å². The van der Waals surface area contributed by atoms with Gasteiger partial charge in [0.15, 0.2) is 0 Å². The molecule has 0 amide bonds. The number of halogens is 1. The average Bonchev–Trinajstić information content (AvgIpc) is 2.14. The first-order valence-corrected chi connectivity index (χ1v) is 6.50. The second-order valence-corrected chi connectivity index (χ2v) is 6.08. The summed E-state index contributed by atoms with van der Waals surface area (Å²) in [4.78, 5) is 4.29. The van der Waals surface area contributed by atoms with E-state index in [-0.39, 0.29) is 0 Å². The van der Waals surface area contributed by atoms with E-state index in [1.807, 2.05) is 12.1 Å². The summed E-state index contributed by atoms with van der Waals surface area (Å²) in [6.07, 6.45) is 0. The lowest BCUT2D eigenvalue weighted by molar-refractivity contribution is 0.398. The molecule has 1 N–H and O–H groups in total. The molecule has 0 aromatic carbocycles. The van der Waals surface area contributed by atoms with Crippen molar-refractivity contribution >= 4 is 37.1 Å². The summed E-state index contributed by atoms with van der Waals surface area (Å²) < 4.78 is 6.22. The third-order valence-corrected chi connectivity index (χ3v) is 3.07. The van der Waals surface area contributed by atoms with Crippen LogP contribution in [0.1, 0.15) is 13.8 Å². The fourth-order valence-electron chi connectivity index (χ4n) is 0.860. The van der Waals surface area contributed by atoms with Gasteiger partial charge in [0.25, 0.3) is 0 Å². The SMILES string of the molecule is COc1cc(I)cc(NPC(C)C)n1. The molecule has 14 heavy (non-hydrogen) atoms. The van der Waals surface area contributed by atoms with Crippen LogP contribution in [0.4, 0.5) is 5.82 Å². The summed E-state index contributed by atoms with van der Waals surface area (Å²) in [7, 11) is 2.32. The molecule has 78 valence electrons. The first-order valence-electron chi connectivity index (χ1n) is 4.35. The van der Waals surface area contributed by atoms with Crippen molar-refractivity contribution in [2.75, 3.05) is 12.2 Å². The van der Waals surface area contributed by atoms with E-state index in [4.69, 9.17) is 4.74 Å². The monoisotopic (exact) mass is 324 g/mol. The summed E-state index contributed by atoms with van der Waals surface area (Å²) >= 11 is 2.25. The topological polar surface area (TPSA) is 34.1 Å². The number of nitrogens with zero attached hydrogens (tertiary/aromatic N) is 1. The summed E-state index contributed by atoms with van der Waals surface area (Å²) in [5.41, 5.74) is 0.640. The van der Waals surface area contributed by atoms with Crippen LogP contribution in [0.2, 0.25) is 0 Å². The first-order chi connectivity index (χ1) is 6.61. The number of methoxy groups -OCH3 is 1. The Balaban J connectivity index is 2.71. The fraction of sp³-hybridized carbons (Fsp3) is 0.444. The number of ether oxygens (including phenoxy) is 1. The second kappa shape index (κ2) is 5.71. The van der Waals surface area contributed by atoms with Crippen LogP contribution in [-0.2, 0) is 0 Å². The van der Waals surface area contributed by atoms with Crippen molar-refractivity contribution in [1.29, 1.82) is 0 Å². The number of pyridine rings is 1. The molecule has 1 aromatic rings. The predicted molar refractivity (Wildman–Crippen MR) is 70.6 cm³/mol. The van der Waals surface area contributed by atoms with Gasteiger partial charge in [-0.2, -0.15) is 4.98 Å². The molecular weight excluding hydrogens is 310 g/mol. The van der Waals surface area contributed by atoms with E-state index < -0.39 is 0 Å². The highest BCUT2D eigenvalue weighted by Crippen LogP contribution is 2.24. The molecule has 0 aliphatic carbocycles. The number of anilines is 1. The maximum absolute atomic E-state index is 5.09. The highest BCUT2D eigenvalue weighted by atomic mass is 127. The zero-order chi connectivity index (χ0) is 10.6. The molecule has 0 saturated heterocycles. The minimum Gasteiger partial charge on any atom is -0.481 e. The zero-order valence-electron chi connectivity index (χ0n) is 8.47. The number of nitrogens with one attached hydrogen (secondary N) is 1. The van der Waals surface area contributed by atoms with E-state index in [9.17, 15) is 0 Å². The van der Waals surface area contributed by atoms with Crippen LogP contribution in [0.3, 0.4) is 0 Å². The Labute approximate surface area is 100 Å². The number of hydrogen-bond donors (Lipinski definition) is 1. The lowest BCUT2D eigenvalue weighted by Gasteiger charge is -2.09. The lowest BCUT2D eigenvalue weighted by Crippen LogP contribution is -1.96. The third-order valence-electron chi connectivity index (χ3n) is 1.46. The maximum Gasteiger partial charge on any atom is 0.215 e. The smallest absolute Gasteiger partial charge is 0.215 e. The first kappa shape index (κ1) is 12.0. The van der Waals surface area contributed by atoms with Gasteiger partial charge in [-0.05, 0) is 43.0 Å². The van der Waals surface area contributed by atoms with Gasteiger partial charge in [0, 0.05) is 9.64 Å².